The van der Waals surface area contributed by atoms with Gasteiger partial charge in [-0.2, -0.15) is 0 Å². The summed E-state index contributed by atoms with van der Waals surface area (Å²) in [5.41, 5.74) is 3.89. The molecule has 2 aromatic carbocycles. The quantitative estimate of drug-likeness (QED) is 0.128. The Hall–Kier alpha value is -2.45. The molecule has 44 heavy (non-hydrogen) atoms. The number of hydrogen-bond acceptors (Lipinski definition) is 5. The van der Waals surface area contributed by atoms with Gasteiger partial charge in [0.2, 0.25) is 0 Å². The van der Waals surface area contributed by atoms with Crippen LogP contribution in [0.5, 0.6) is 0 Å². The Morgan fingerprint density at radius 2 is 1.14 bits per heavy atom. The Labute approximate surface area is 276 Å². The van der Waals surface area contributed by atoms with Crippen LogP contribution >= 0.6 is 24.8 Å². The molecule has 0 fully saturated rings. The number of unbranched alkanes of at least 4 members (excludes halogenated alkanes) is 4. The fourth-order valence-electron chi connectivity index (χ4n) is 5.97. The van der Waals surface area contributed by atoms with Crippen LogP contribution in [0, 0.1) is 0 Å². The summed E-state index contributed by atoms with van der Waals surface area (Å²) in [5.74, 6) is -2.36. The Morgan fingerprint density at radius 1 is 0.636 bits per heavy atom. The van der Waals surface area contributed by atoms with Crippen molar-refractivity contribution in [3.8, 4) is 11.1 Å². The van der Waals surface area contributed by atoms with Crippen LogP contribution in [0.4, 0.5) is 0 Å². The lowest BCUT2D eigenvalue weighted by Gasteiger charge is -2.25. The minimum atomic E-state index is -1.09. The number of carbonyl (C=O) groups excluding carboxylic acids is 1. The molecule has 1 aliphatic carbocycles. The highest BCUT2D eigenvalue weighted by Gasteiger charge is 2.34. The molecule has 0 spiro atoms. The van der Waals surface area contributed by atoms with Gasteiger partial charge in [0, 0.05) is 24.2 Å². The Balaban J connectivity index is 0.00000484. The summed E-state index contributed by atoms with van der Waals surface area (Å²) in [5, 5.41) is 20.1. The predicted molar refractivity (Wildman–Crippen MR) is 184 cm³/mol. The molecule has 0 aliphatic heterocycles. The number of aromatic carboxylic acids is 2. The second-order valence-electron chi connectivity index (χ2n) is 11.6. The Morgan fingerprint density at radius 3 is 1.59 bits per heavy atom. The number of halogens is 2. The molecule has 9 heteroatoms. The molecule has 0 saturated heterocycles. The van der Waals surface area contributed by atoms with E-state index < -0.39 is 11.9 Å². The van der Waals surface area contributed by atoms with E-state index in [2.05, 4.69) is 37.5 Å². The van der Waals surface area contributed by atoms with Crippen LogP contribution in [-0.4, -0.2) is 77.0 Å². The maximum absolute atomic E-state index is 13.9. The standard InChI is InChI=1S/C35H50N2O5.2ClH/c1-5-9-17-36(18-10-6-2)21-15-25-23-29-27-14-13-26(34(39)40)24-30(27)33(38)32(29)28(31(25)35(41)42)16-22-37(19-11-7-3)20-12-8-4;;/h13-14,23-24H,5-12,15-22H2,1-4H3,(H,39,40)(H,41,42);2*1H. The minimum absolute atomic E-state index is 0. The van der Waals surface area contributed by atoms with Gasteiger partial charge in [-0.25, -0.2) is 9.59 Å². The Bertz CT molecular complexity index is 1230. The third-order valence-corrected chi connectivity index (χ3v) is 8.44. The van der Waals surface area contributed by atoms with E-state index in [1.807, 2.05) is 6.07 Å². The van der Waals surface area contributed by atoms with E-state index in [9.17, 15) is 24.6 Å². The number of carboxylic acids is 2. The minimum Gasteiger partial charge on any atom is -0.478 e. The van der Waals surface area contributed by atoms with E-state index in [1.54, 1.807) is 6.07 Å². The molecule has 1 aliphatic rings. The van der Waals surface area contributed by atoms with Crippen molar-refractivity contribution in [2.75, 3.05) is 39.3 Å². The van der Waals surface area contributed by atoms with Gasteiger partial charge in [0.25, 0.3) is 0 Å². The maximum atomic E-state index is 13.9. The number of hydrogen-bond donors (Lipinski definition) is 2. The van der Waals surface area contributed by atoms with Crippen molar-refractivity contribution in [1.82, 2.24) is 9.80 Å². The number of fused-ring (bicyclic) bond motifs is 3. The summed E-state index contributed by atoms with van der Waals surface area (Å²) >= 11 is 0. The van der Waals surface area contributed by atoms with Gasteiger partial charge < -0.3 is 20.0 Å². The number of nitrogens with zero attached hydrogens (tertiary/aromatic N) is 2. The molecule has 7 nitrogen and oxygen atoms in total. The SMILES string of the molecule is CCCCN(CCCC)CCc1cc2c(c(CCN(CCCC)CCCC)c1C(=O)O)C(=O)c1cc(C(=O)O)ccc1-2.Cl.Cl. The first-order valence-electron chi connectivity index (χ1n) is 16.1. The van der Waals surface area contributed by atoms with Gasteiger partial charge >= 0.3 is 11.9 Å². The molecule has 3 rings (SSSR count). The smallest absolute Gasteiger partial charge is 0.336 e. The first-order valence-corrected chi connectivity index (χ1v) is 16.1. The molecule has 0 aromatic heterocycles. The van der Waals surface area contributed by atoms with Gasteiger partial charge in [0.1, 0.15) is 0 Å². The second kappa shape index (κ2) is 19.8. The Kier molecular flexibility index (Phi) is 17.8. The van der Waals surface area contributed by atoms with Crippen LogP contribution < -0.4 is 0 Å². The maximum Gasteiger partial charge on any atom is 0.336 e. The molecule has 246 valence electrons. The van der Waals surface area contributed by atoms with Crippen molar-refractivity contribution in [2.45, 2.75) is 91.9 Å². The number of ketones is 1. The molecule has 2 aromatic rings. The van der Waals surface area contributed by atoms with E-state index in [4.69, 9.17) is 0 Å². The number of carboxylic acid groups (broad SMARTS) is 2. The van der Waals surface area contributed by atoms with Gasteiger partial charge in [-0.1, -0.05) is 59.4 Å². The average Bonchev–Trinajstić information content (AvgIpc) is 3.26. The van der Waals surface area contributed by atoms with E-state index in [1.165, 1.54) is 12.1 Å². The molecular weight excluding hydrogens is 599 g/mol. The van der Waals surface area contributed by atoms with Crippen molar-refractivity contribution in [3.05, 3.63) is 57.6 Å². The monoisotopic (exact) mass is 650 g/mol. The van der Waals surface area contributed by atoms with Crippen LogP contribution in [0.2, 0.25) is 0 Å². The van der Waals surface area contributed by atoms with Crippen LogP contribution in [0.15, 0.2) is 24.3 Å². The van der Waals surface area contributed by atoms with Crippen molar-refractivity contribution in [2.24, 2.45) is 0 Å². The largest absolute Gasteiger partial charge is 0.478 e. The lowest BCUT2D eigenvalue weighted by Crippen LogP contribution is -2.30. The summed E-state index contributed by atoms with van der Waals surface area (Å²) in [6.07, 6.45) is 9.77. The lowest BCUT2D eigenvalue weighted by molar-refractivity contribution is 0.0684. The molecule has 0 amide bonds. The molecule has 0 atom stereocenters. The number of carbonyl (C=O) groups is 3. The summed E-state index contributed by atoms with van der Waals surface area (Å²) in [6.45, 7) is 14.0. The average molecular weight is 652 g/mol. The molecule has 0 saturated carbocycles. The van der Waals surface area contributed by atoms with Gasteiger partial charge in [-0.05, 0) is 105 Å². The molecule has 0 unspecified atom stereocenters. The third-order valence-electron chi connectivity index (χ3n) is 8.44. The van der Waals surface area contributed by atoms with Gasteiger partial charge in [0.05, 0.1) is 11.1 Å². The highest BCUT2D eigenvalue weighted by Crippen LogP contribution is 2.42. The fraction of sp³-hybridized carbons (Fsp3) is 0.571. The van der Waals surface area contributed by atoms with Crippen LogP contribution in [0.1, 0.15) is 127 Å². The third kappa shape index (κ3) is 10.0. The summed E-state index contributed by atoms with van der Waals surface area (Å²) in [7, 11) is 0. The zero-order valence-electron chi connectivity index (χ0n) is 27.0. The van der Waals surface area contributed by atoms with E-state index in [-0.39, 0.29) is 41.7 Å². The van der Waals surface area contributed by atoms with Crippen LogP contribution in [0.25, 0.3) is 11.1 Å². The highest BCUT2D eigenvalue weighted by molar-refractivity contribution is 6.24. The first-order chi connectivity index (χ1) is 20.3. The highest BCUT2D eigenvalue weighted by atomic mass is 35.5. The normalized spacial score (nSPS) is 11.7. The fourth-order valence-corrected chi connectivity index (χ4v) is 5.97. The second-order valence-corrected chi connectivity index (χ2v) is 11.6. The van der Waals surface area contributed by atoms with Crippen LogP contribution in [0.3, 0.4) is 0 Å². The molecule has 2 N–H and O–H groups in total. The van der Waals surface area contributed by atoms with Crippen LogP contribution in [-0.2, 0) is 12.8 Å². The van der Waals surface area contributed by atoms with Crippen molar-refractivity contribution in [1.29, 1.82) is 0 Å². The van der Waals surface area contributed by atoms with Crippen molar-refractivity contribution >= 4 is 42.5 Å². The topological polar surface area (TPSA) is 98.2 Å². The summed E-state index contributed by atoms with van der Waals surface area (Å²) in [4.78, 5) is 43.3. The van der Waals surface area contributed by atoms with Crippen molar-refractivity contribution in [3.63, 3.8) is 0 Å². The zero-order chi connectivity index (χ0) is 30.6. The van der Waals surface area contributed by atoms with Gasteiger partial charge in [-0.3, -0.25) is 4.79 Å². The molecule has 0 radical (unpaired) electrons. The molecular formula is C35H52Cl2N2O5. The number of rotatable bonds is 20. The van der Waals surface area contributed by atoms with E-state index in [0.717, 1.165) is 95.2 Å². The summed E-state index contributed by atoms with van der Waals surface area (Å²) < 4.78 is 0. The van der Waals surface area contributed by atoms with Gasteiger partial charge in [0.15, 0.2) is 5.78 Å². The predicted octanol–water partition coefficient (Wildman–Crippen LogP) is 8.03. The van der Waals surface area contributed by atoms with E-state index in [0.29, 0.717) is 41.6 Å². The number of benzene rings is 2. The first kappa shape index (κ1) is 39.6. The molecule has 0 bridgehead atoms. The van der Waals surface area contributed by atoms with Crippen molar-refractivity contribution < 1.29 is 24.6 Å². The molecule has 0 heterocycles. The van der Waals surface area contributed by atoms with E-state index >= 15 is 0 Å². The summed E-state index contributed by atoms with van der Waals surface area (Å²) in [6, 6.07) is 6.58. The van der Waals surface area contributed by atoms with Gasteiger partial charge in [-0.15, -0.1) is 24.8 Å². The lowest BCUT2D eigenvalue weighted by atomic mass is 9.88. The zero-order valence-corrected chi connectivity index (χ0v) is 28.6.